The SMILES string of the molecule is CC(NC1CCCC1)C(=O)NC1CC1. The normalized spacial score (nSPS) is 24.9. The van der Waals surface area contributed by atoms with Gasteiger partial charge >= 0.3 is 0 Å². The predicted molar refractivity (Wildman–Crippen MR) is 56.0 cm³/mol. The standard InChI is InChI=1S/C11H20N2O/c1-8(11(14)13-10-6-7-10)12-9-4-2-3-5-9/h8-10,12H,2-7H2,1H3,(H,13,14). The highest BCUT2D eigenvalue weighted by Gasteiger charge is 2.27. The van der Waals surface area contributed by atoms with Crippen molar-refractivity contribution in [3.8, 4) is 0 Å². The number of carbonyl (C=O) groups is 1. The Morgan fingerprint density at radius 2 is 1.79 bits per heavy atom. The molecule has 0 bridgehead atoms. The quantitative estimate of drug-likeness (QED) is 0.709. The molecule has 1 atom stereocenters. The zero-order valence-corrected chi connectivity index (χ0v) is 8.88. The Balaban J connectivity index is 1.69. The van der Waals surface area contributed by atoms with Gasteiger partial charge < -0.3 is 10.6 Å². The molecule has 0 aromatic rings. The van der Waals surface area contributed by atoms with Crippen LogP contribution in [0.4, 0.5) is 0 Å². The van der Waals surface area contributed by atoms with E-state index in [9.17, 15) is 4.79 Å². The molecular weight excluding hydrogens is 176 g/mol. The molecule has 3 nitrogen and oxygen atoms in total. The van der Waals surface area contributed by atoms with Crippen LogP contribution in [0.25, 0.3) is 0 Å². The van der Waals surface area contributed by atoms with Gasteiger partial charge in [0.05, 0.1) is 6.04 Å². The van der Waals surface area contributed by atoms with Crippen LogP contribution in [0, 0.1) is 0 Å². The number of amides is 1. The first kappa shape index (κ1) is 9.97. The lowest BCUT2D eigenvalue weighted by Gasteiger charge is -2.18. The number of hydrogen-bond donors (Lipinski definition) is 2. The van der Waals surface area contributed by atoms with Crippen LogP contribution in [0.1, 0.15) is 45.4 Å². The topological polar surface area (TPSA) is 41.1 Å². The maximum absolute atomic E-state index is 11.6. The molecule has 3 heteroatoms. The van der Waals surface area contributed by atoms with E-state index in [0.717, 1.165) is 0 Å². The minimum Gasteiger partial charge on any atom is -0.352 e. The third kappa shape index (κ3) is 2.71. The molecular formula is C11H20N2O. The molecule has 80 valence electrons. The zero-order chi connectivity index (χ0) is 9.97. The first-order valence-electron chi connectivity index (χ1n) is 5.82. The fraction of sp³-hybridized carbons (Fsp3) is 0.909. The van der Waals surface area contributed by atoms with E-state index in [4.69, 9.17) is 0 Å². The third-order valence-corrected chi connectivity index (χ3v) is 3.16. The van der Waals surface area contributed by atoms with E-state index in [-0.39, 0.29) is 11.9 Å². The van der Waals surface area contributed by atoms with E-state index in [1.165, 1.54) is 38.5 Å². The molecule has 0 aliphatic heterocycles. The van der Waals surface area contributed by atoms with Gasteiger partial charge in [-0.15, -0.1) is 0 Å². The van der Waals surface area contributed by atoms with Crippen molar-refractivity contribution in [2.45, 2.75) is 63.6 Å². The van der Waals surface area contributed by atoms with E-state index in [1.54, 1.807) is 0 Å². The Bertz CT molecular complexity index is 207. The van der Waals surface area contributed by atoms with E-state index in [0.29, 0.717) is 12.1 Å². The molecule has 2 rings (SSSR count). The van der Waals surface area contributed by atoms with Gasteiger partial charge in [0, 0.05) is 12.1 Å². The van der Waals surface area contributed by atoms with Crippen molar-refractivity contribution < 1.29 is 4.79 Å². The second kappa shape index (κ2) is 4.30. The summed E-state index contributed by atoms with van der Waals surface area (Å²) < 4.78 is 0. The monoisotopic (exact) mass is 196 g/mol. The molecule has 1 unspecified atom stereocenters. The van der Waals surface area contributed by atoms with Crippen LogP contribution in [0.2, 0.25) is 0 Å². The summed E-state index contributed by atoms with van der Waals surface area (Å²) in [6.45, 7) is 1.97. The van der Waals surface area contributed by atoms with E-state index in [1.807, 2.05) is 6.92 Å². The summed E-state index contributed by atoms with van der Waals surface area (Å²) in [4.78, 5) is 11.6. The predicted octanol–water partition coefficient (Wildman–Crippen LogP) is 1.19. The summed E-state index contributed by atoms with van der Waals surface area (Å²) >= 11 is 0. The number of carbonyl (C=O) groups excluding carboxylic acids is 1. The van der Waals surface area contributed by atoms with Gasteiger partial charge in [-0.3, -0.25) is 4.79 Å². The second-order valence-corrected chi connectivity index (χ2v) is 4.65. The van der Waals surface area contributed by atoms with Crippen LogP contribution >= 0.6 is 0 Å². The van der Waals surface area contributed by atoms with Crippen molar-refractivity contribution in [1.29, 1.82) is 0 Å². The third-order valence-electron chi connectivity index (χ3n) is 3.16. The first-order chi connectivity index (χ1) is 6.75. The van der Waals surface area contributed by atoms with Crippen molar-refractivity contribution in [1.82, 2.24) is 10.6 Å². The van der Waals surface area contributed by atoms with Crippen molar-refractivity contribution in [2.75, 3.05) is 0 Å². The molecule has 1 amide bonds. The summed E-state index contributed by atoms with van der Waals surface area (Å²) in [5.74, 6) is 0.180. The fourth-order valence-electron chi connectivity index (χ4n) is 2.08. The Kier molecular flexibility index (Phi) is 3.06. The summed E-state index contributed by atoms with van der Waals surface area (Å²) in [6, 6.07) is 1.05. The van der Waals surface area contributed by atoms with Crippen molar-refractivity contribution in [3.63, 3.8) is 0 Å². The van der Waals surface area contributed by atoms with E-state index in [2.05, 4.69) is 10.6 Å². The molecule has 2 aliphatic carbocycles. The molecule has 2 N–H and O–H groups in total. The first-order valence-corrected chi connectivity index (χ1v) is 5.82. The van der Waals surface area contributed by atoms with Crippen molar-refractivity contribution in [2.24, 2.45) is 0 Å². The number of nitrogens with one attached hydrogen (secondary N) is 2. The molecule has 0 heterocycles. The fourth-order valence-corrected chi connectivity index (χ4v) is 2.08. The van der Waals surface area contributed by atoms with Crippen LogP contribution in [0.3, 0.4) is 0 Å². The largest absolute Gasteiger partial charge is 0.352 e. The molecule has 0 saturated heterocycles. The maximum atomic E-state index is 11.6. The lowest BCUT2D eigenvalue weighted by atomic mass is 10.2. The molecule has 14 heavy (non-hydrogen) atoms. The van der Waals surface area contributed by atoms with Crippen LogP contribution in [-0.2, 0) is 4.79 Å². The van der Waals surface area contributed by atoms with Gasteiger partial charge in [0.15, 0.2) is 0 Å². The van der Waals surface area contributed by atoms with Gasteiger partial charge in [-0.25, -0.2) is 0 Å². The summed E-state index contributed by atoms with van der Waals surface area (Å²) in [5, 5.41) is 6.43. The summed E-state index contributed by atoms with van der Waals surface area (Å²) in [5.41, 5.74) is 0. The molecule has 2 aliphatic rings. The van der Waals surface area contributed by atoms with Crippen LogP contribution in [-0.4, -0.2) is 24.0 Å². The van der Waals surface area contributed by atoms with Crippen molar-refractivity contribution >= 4 is 5.91 Å². The highest BCUT2D eigenvalue weighted by atomic mass is 16.2. The van der Waals surface area contributed by atoms with Gasteiger partial charge in [0.1, 0.15) is 0 Å². The molecule has 2 saturated carbocycles. The Labute approximate surface area is 85.6 Å². The Hall–Kier alpha value is -0.570. The lowest BCUT2D eigenvalue weighted by molar-refractivity contribution is -0.123. The number of hydrogen-bond acceptors (Lipinski definition) is 2. The Morgan fingerprint density at radius 3 is 2.36 bits per heavy atom. The molecule has 0 aromatic heterocycles. The van der Waals surface area contributed by atoms with Crippen LogP contribution < -0.4 is 10.6 Å². The van der Waals surface area contributed by atoms with Crippen LogP contribution in [0.15, 0.2) is 0 Å². The minimum atomic E-state index is -0.0151. The number of rotatable bonds is 4. The van der Waals surface area contributed by atoms with Crippen molar-refractivity contribution in [3.05, 3.63) is 0 Å². The smallest absolute Gasteiger partial charge is 0.237 e. The van der Waals surface area contributed by atoms with E-state index < -0.39 is 0 Å². The average molecular weight is 196 g/mol. The summed E-state index contributed by atoms with van der Waals surface area (Å²) in [6.07, 6.45) is 7.44. The van der Waals surface area contributed by atoms with Gasteiger partial charge in [-0.1, -0.05) is 12.8 Å². The molecule has 0 spiro atoms. The molecule has 0 radical (unpaired) electrons. The van der Waals surface area contributed by atoms with Crippen LogP contribution in [0.5, 0.6) is 0 Å². The van der Waals surface area contributed by atoms with E-state index >= 15 is 0 Å². The van der Waals surface area contributed by atoms with Gasteiger partial charge in [-0.05, 0) is 32.6 Å². The average Bonchev–Trinajstić information content (AvgIpc) is 2.81. The molecule has 2 fully saturated rings. The molecule has 0 aromatic carbocycles. The second-order valence-electron chi connectivity index (χ2n) is 4.65. The van der Waals surface area contributed by atoms with Gasteiger partial charge in [0.25, 0.3) is 0 Å². The minimum absolute atomic E-state index is 0.0151. The van der Waals surface area contributed by atoms with Gasteiger partial charge in [-0.2, -0.15) is 0 Å². The van der Waals surface area contributed by atoms with Gasteiger partial charge in [0.2, 0.25) is 5.91 Å². The lowest BCUT2D eigenvalue weighted by Crippen LogP contribution is -2.46. The maximum Gasteiger partial charge on any atom is 0.237 e. The highest BCUT2D eigenvalue weighted by molar-refractivity contribution is 5.81. The Morgan fingerprint density at radius 1 is 1.14 bits per heavy atom. The summed E-state index contributed by atoms with van der Waals surface area (Å²) in [7, 11) is 0. The highest BCUT2D eigenvalue weighted by Crippen LogP contribution is 2.20. The zero-order valence-electron chi connectivity index (χ0n) is 8.88.